The summed E-state index contributed by atoms with van der Waals surface area (Å²) in [6.07, 6.45) is 3.99. The summed E-state index contributed by atoms with van der Waals surface area (Å²) in [5, 5.41) is 2.93. The van der Waals surface area contributed by atoms with Crippen LogP contribution >= 0.6 is 0 Å². The summed E-state index contributed by atoms with van der Waals surface area (Å²) in [5.41, 5.74) is 3.58. The average molecular weight is 440 g/mol. The van der Waals surface area contributed by atoms with Crippen molar-refractivity contribution < 1.29 is 17.6 Å². The Bertz CT molecular complexity index is 1160. The molecule has 7 nitrogen and oxygen atoms in total. The third-order valence-corrected chi connectivity index (χ3v) is 7.70. The Labute approximate surface area is 182 Å². The van der Waals surface area contributed by atoms with Crippen LogP contribution in [0.15, 0.2) is 64.4 Å². The van der Waals surface area contributed by atoms with Crippen LogP contribution in [0.5, 0.6) is 0 Å². The number of hydrogen-bond donors (Lipinski definition) is 1. The Morgan fingerprint density at radius 2 is 1.77 bits per heavy atom. The molecule has 1 aliphatic heterocycles. The van der Waals surface area contributed by atoms with E-state index in [9.17, 15) is 13.2 Å². The Hall–Kier alpha value is -2.97. The van der Waals surface area contributed by atoms with Crippen LogP contribution in [0.3, 0.4) is 0 Å². The maximum atomic E-state index is 13.0. The van der Waals surface area contributed by atoms with E-state index in [2.05, 4.69) is 10.3 Å². The highest BCUT2D eigenvalue weighted by molar-refractivity contribution is 7.89. The summed E-state index contributed by atoms with van der Waals surface area (Å²) in [4.78, 5) is 16.9. The molecule has 0 saturated carbocycles. The molecule has 0 unspecified atom stereocenters. The van der Waals surface area contributed by atoms with Gasteiger partial charge in [0.05, 0.1) is 11.1 Å². The van der Waals surface area contributed by atoms with Crippen LogP contribution in [0.4, 0.5) is 5.69 Å². The van der Waals surface area contributed by atoms with Gasteiger partial charge in [-0.05, 0) is 74.2 Å². The number of rotatable bonds is 5. The van der Waals surface area contributed by atoms with Crippen molar-refractivity contribution in [3.05, 3.63) is 66.2 Å². The van der Waals surface area contributed by atoms with Gasteiger partial charge in [0.25, 0.3) is 0 Å². The number of piperidine rings is 1. The van der Waals surface area contributed by atoms with Gasteiger partial charge < -0.3 is 9.73 Å². The number of sulfonamides is 1. The number of nitrogens with zero attached hydrogens (tertiary/aromatic N) is 2. The zero-order valence-electron chi connectivity index (χ0n) is 17.5. The standard InChI is InChI=1S/C23H25N3O4S/c1-16-3-8-21(13-17(16)2)31(28,29)26-11-9-19(10-12-26)23(27)25-20-6-4-18(5-7-20)22-14-24-15-30-22/h3-8,13-15,19H,9-12H2,1-2H3,(H,25,27). The number of aromatic nitrogens is 1. The van der Waals surface area contributed by atoms with Crippen molar-refractivity contribution in [1.82, 2.24) is 9.29 Å². The number of oxazole rings is 1. The van der Waals surface area contributed by atoms with Gasteiger partial charge >= 0.3 is 0 Å². The van der Waals surface area contributed by atoms with Crippen LogP contribution in [-0.2, 0) is 14.8 Å². The van der Waals surface area contributed by atoms with Gasteiger partial charge in [-0.2, -0.15) is 4.31 Å². The van der Waals surface area contributed by atoms with E-state index in [0.29, 0.717) is 42.3 Å². The largest absolute Gasteiger partial charge is 0.444 e. The van der Waals surface area contributed by atoms with Gasteiger partial charge in [0.1, 0.15) is 0 Å². The molecule has 31 heavy (non-hydrogen) atoms. The predicted molar refractivity (Wildman–Crippen MR) is 118 cm³/mol. The van der Waals surface area contributed by atoms with Crippen LogP contribution in [0.2, 0.25) is 0 Å². The minimum atomic E-state index is -3.55. The summed E-state index contributed by atoms with van der Waals surface area (Å²) in [7, 11) is -3.55. The first kappa shape index (κ1) is 21.3. The van der Waals surface area contributed by atoms with Crippen molar-refractivity contribution in [3.8, 4) is 11.3 Å². The van der Waals surface area contributed by atoms with Gasteiger partial charge in [-0.3, -0.25) is 4.79 Å². The molecule has 1 fully saturated rings. The molecule has 0 atom stereocenters. The third-order valence-electron chi connectivity index (χ3n) is 5.81. The van der Waals surface area contributed by atoms with Gasteiger partial charge in [-0.15, -0.1) is 0 Å². The van der Waals surface area contributed by atoms with Gasteiger partial charge in [0, 0.05) is 30.3 Å². The van der Waals surface area contributed by atoms with Crippen LogP contribution in [0, 0.1) is 19.8 Å². The lowest BCUT2D eigenvalue weighted by molar-refractivity contribution is -0.120. The van der Waals surface area contributed by atoms with Crippen molar-refractivity contribution in [2.75, 3.05) is 18.4 Å². The van der Waals surface area contributed by atoms with Crippen molar-refractivity contribution in [2.45, 2.75) is 31.6 Å². The highest BCUT2D eigenvalue weighted by Gasteiger charge is 2.32. The van der Waals surface area contributed by atoms with Gasteiger partial charge in [0.2, 0.25) is 15.9 Å². The molecule has 3 aromatic rings. The number of amides is 1. The molecule has 2 aromatic carbocycles. The third kappa shape index (κ3) is 4.55. The molecule has 0 bridgehead atoms. The molecule has 4 rings (SSSR count). The van der Waals surface area contributed by atoms with Crippen molar-refractivity contribution in [1.29, 1.82) is 0 Å². The topological polar surface area (TPSA) is 92.5 Å². The Morgan fingerprint density at radius 1 is 1.06 bits per heavy atom. The molecule has 0 spiro atoms. The molecular weight excluding hydrogens is 414 g/mol. The number of carbonyl (C=O) groups is 1. The van der Waals surface area contributed by atoms with E-state index in [1.165, 1.54) is 10.7 Å². The molecule has 2 heterocycles. The maximum Gasteiger partial charge on any atom is 0.243 e. The van der Waals surface area contributed by atoms with E-state index in [-0.39, 0.29) is 11.8 Å². The van der Waals surface area contributed by atoms with Crippen molar-refractivity contribution in [2.24, 2.45) is 5.92 Å². The number of carbonyl (C=O) groups excluding carboxylic acids is 1. The maximum absolute atomic E-state index is 13.0. The number of aryl methyl sites for hydroxylation is 2. The molecule has 1 N–H and O–H groups in total. The average Bonchev–Trinajstić information content (AvgIpc) is 3.31. The molecule has 8 heteroatoms. The quantitative estimate of drug-likeness (QED) is 0.649. The first-order valence-corrected chi connectivity index (χ1v) is 11.7. The molecule has 1 amide bonds. The highest BCUT2D eigenvalue weighted by Crippen LogP contribution is 2.26. The summed E-state index contributed by atoms with van der Waals surface area (Å²) < 4.78 is 32.7. The fourth-order valence-corrected chi connectivity index (χ4v) is 5.26. The van der Waals surface area contributed by atoms with Crippen molar-refractivity contribution in [3.63, 3.8) is 0 Å². The lowest BCUT2D eigenvalue weighted by atomic mass is 9.97. The molecule has 162 valence electrons. The molecule has 0 aliphatic carbocycles. The normalized spacial score (nSPS) is 15.7. The molecule has 1 aliphatic rings. The second kappa shape index (κ2) is 8.64. The van der Waals surface area contributed by atoms with E-state index >= 15 is 0 Å². The first-order valence-electron chi connectivity index (χ1n) is 10.2. The number of nitrogens with one attached hydrogen (secondary N) is 1. The van der Waals surface area contributed by atoms with E-state index in [0.717, 1.165) is 16.7 Å². The first-order chi connectivity index (χ1) is 14.8. The fourth-order valence-electron chi connectivity index (χ4n) is 3.70. The van der Waals surface area contributed by atoms with Crippen molar-refractivity contribution >= 4 is 21.6 Å². The number of benzene rings is 2. The van der Waals surface area contributed by atoms with Gasteiger partial charge in [-0.1, -0.05) is 6.07 Å². The summed E-state index contributed by atoms with van der Waals surface area (Å²) >= 11 is 0. The Balaban J connectivity index is 1.36. The predicted octanol–water partition coefficient (Wildman–Crippen LogP) is 4.00. The van der Waals surface area contributed by atoms with E-state index in [4.69, 9.17) is 4.42 Å². The van der Waals surface area contributed by atoms with Crippen LogP contribution < -0.4 is 5.32 Å². The lowest BCUT2D eigenvalue weighted by Gasteiger charge is -2.30. The van der Waals surface area contributed by atoms with E-state index in [1.54, 1.807) is 18.3 Å². The van der Waals surface area contributed by atoms with E-state index in [1.807, 2.05) is 44.2 Å². The highest BCUT2D eigenvalue weighted by atomic mass is 32.2. The smallest absolute Gasteiger partial charge is 0.243 e. The Kier molecular flexibility index (Phi) is 5.93. The second-order valence-corrected chi connectivity index (χ2v) is 9.79. The summed E-state index contributed by atoms with van der Waals surface area (Å²) in [5.74, 6) is 0.353. The number of anilines is 1. The van der Waals surface area contributed by atoms with Crippen LogP contribution in [0.25, 0.3) is 11.3 Å². The lowest BCUT2D eigenvalue weighted by Crippen LogP contribution is -2.41. The zero-order valence-corrected chi connectivity index (χ0v) is 18.4. The van der Waals surface area contributed by atoms with Gasteiger partial charge in [0.15, 0.2) is 12.2 Å². The summed E-state index contributed by atoms with van der Waals surface area (Å²) in [6, 6.07) is 12.5. The molecule has 1 aromatic heterocycles. The number of hydrogen-bond acceptors (Lipinski definition) is 5. The zero-order chi connectivity index (χ0) is 22.0. The minimum absolute atomic E-state index is 0.0874. The second-order valence-electron chi connectivity index (χ2n) is 7.86. The fraction of sp³-hybridized carbons (Fsp3) is 0.304. The summed E-state index contributed by atoms with van der Waals surface area (Å²) in [6.45, 7) is 4.52. The molecule has 1 saturated heterocycles. The molecule has 0 radical (unpaired) electrons. The van der Waals surface area contributed by atoms with Crippen LogP contribution in [0.1, 0.15) is 24.0 Å². The monoisotopic (exact) mass is 439 g/mol. The van der Waals surface area contributed by atoms with E-state index < -0.39 is 10.0 Å². The minimum Gasteiger partial charge on any atom is -0.444 e. The van der Waals surface area contributed by atoms with Crippen LogP contribution in [-0.4, -0.2) is 36.7 Å². The SMILES string of the molecule is Cc1ccc(S(=O)(=O)N2CCC(C(=O)Nc3ccc(-c4cnco4)cc3)CC2)cc1C. The molecular formula is C23H25N3O4S. The Morgan fingerprint density at radius 3 is 2.39 bits per heavy atom. The van der Waals surface area contributed by atoms with Gasteiger partial charge in [-0.25, -0.2) is 13.4 Å².